The van der Waals surface area contributed by atoms with Crippen molar-refractivity contribution in [1.29, 1.82) is 0 Å². The van der Waals surface area contributed by atoms with E-state index in [-0.39, 0.29) is 0 Å². The lowest BCUT2D eigenvalue weighted by atomic mass is 10.2. The lowest BCUT2D eigenvalue weighted by Crippen LogP contribution is -2.39. The highest BCUT2D eigenvalue weighted by Gasteiger charge is 2.33. The van der Waals surface area contributed by atoms with Crippen molar-refractivity contribution in [2.75, 3.05) is 4.05 Å². The van der Waals surface area contributed by atoms with Crippen molar-refractivity contribution in [3.05, 3.63) is 0 Å². The molecule has 0 heterocycles. The Morgan fingerprint density at radius 3 is 1.56 bits per heavy atom. The molecule has 0 rings (SSSR count). The summed E-state index contributed by atoms with van der Waals surface area (Å²) in [7, 11) is -0.892. The molecule has 0 unspecified atom stereocenters. The maximum Gasteiger partial charge on any atom is 0.0631 e. The first-order chi connectivity index (χ1) is 3.81. The zero-order valence-electron chi connectivity index (χ0n) is 7.09. The number of hydrogen-bond acceptors (Lipinski definition) is 0. The molecule has 0 fully saturated rings. The van der Waals surface area contributed by atoms with Gasteiger partial charge in [-0.25, -0.2) is 0 Å². The fourth-order valence-corrected chi connectivity index (χ4v) is 4.03. The van der Waals surface area contributed by atoms with Crippen LogP contribution in [0.25, 0.3) is 0 Å². The average molecular weight is 256 g/mol. The maximum absolute atomic E-state index is 2.52. The quantitative estimate of drug-likeness (QED) is 0.383. The third-order valence-electron chi connectivity index (χ3n) is 2.36. The molecule has 2 heteroatoms. The van der Waals surface area contributed by atoms with Crippen LogP contribution in [-0.4, -0.2) is 12.1 Å². The van der Waals surface area contributed by atoms with Crippen LogP contribution < -0.4 is 0 Å². The van der Waals surface area contributed by atoms with Crippen LogP contribution >= 0.6 is 22.6 Å². The van der Waals surface area contributed by atoms with Crippen LogP contribution in [0.15, 0.2) is 0 Å². The van der Waals surface area contributed by atoms with Gasteiger partial charge in [0.15, 0.2) is 0 Å². The van der Waals surface area contributed by atoms with Crippen molar-refractivity contribution < 1.29 is 0 Å². The minimum Gasteiger partial charge on any atom is -0.0897 e. The number of rotatable bonds is 1. The van der Waals surface area contributed by atoms with Gasteiger partial charge in [-0.1, -0.05) is 56.5 Å². The van der Waals surface area contributed by atoms with Crippen LogP contribution in [0.4, 0.5) is 0 Å². The second-order valence-electron chi connectivity index (χ2n) is 4.27. The lowest BCUT2D eigenvalue weighted by molar-refractivity contribution is 0.724. The van der Waals surface area contributed by atoms with E-state index in [1.54, 1.807) is 0 Å². The smallest absolute Gasteiger partial charge is 0.0631 e. The van der Waals surface area contributed by atoms with Crippen LogP contribution in [0.3, 0.4) is 0 Å². The molecule has 0 atom stereocenters. The Morgan fingerprint density at radius 2 is 1.56 bits per heavy atom. The minimum absolute atomic E-state index is 0.578. The minimum atomic E-state index is -0.892. The van der Waals surface area contributed by atoms with Crippen LogP contribution in [0.5, 0.6) is 0 Å². The van der Waals surface area contributed by atoms with E-state index in [4.69, 9.17) is 0 Å². The summed E-state index contributed by atoms with van der Waals surface area (Å²) in [6, 6.07) is 0. The average Bonchev–Trinajstić information content (AvgIpc) is 1.64. The normalized spacial score (nSPS) is 14.0. The van der Waals surface area contributed by atoms with Gasteiger partial charge < -0.3 is 0 Å². The molecule has 0 radical (unpaired) electrons. The molecule has 56 valence electrons. The number of hydrogen-bond donors (Lipinski definition) is 0. The van der Waals surface area contributed by atoms with Crippen molar-refractivity contribution in [3.8, 4) is 0 Å². The van der Waals surface area contributed by atoms with E-state index >= 15 is 0 Å². The van der Waals surface area contributed by atoms with Gasteiger partial charge in [0.2, 0.25) is 0 Å². The molecule has 0 aromatic heterocycles. The van der Waals surface area contributed by atoms with E-state index in [9.17, 15) is 0 Å². The largest absolute Gasteiger partial charge is 0.0897 e. The molecule has 0 aliphatic carbocycles. The van der Waals surface area contributed by atoms with E-state index in [0.29, 0.717) is 5.04 Å². The highest BCUT2D eigenvalue weighted by atomic mass is 127. The molecule has 0 aromatic rings. The molecular weight excluding hydrogens is 239 g/mol. The standard InChI is InChI=1S/C7H17ISi/c1-7(2,3)9(4,5)6-8/h6H2,1-5H3. The van der Waals surface area contributed by atoms with Gasteiger partial charge in [0, 0.05) is 0 Å². The second kappa shape index (κ2) is 2.90. The first kappa shape index (κ1) is 9.95. The van der Waals surface area contributed by atoms with Gasteiger partial charge in [-0.2, -0.15) is 0 Å². The maximum atomic E-state index is 2.52. The van der Waals surface area contributed by atoms with Crippen molar-refractivity contribution in [3.63, 3.8) is 0 Å². The van der Waals surface area contributed by atoms with Crippen molar-refractivity contribution in [2.45, 2.75) is 38.9 Å². The predicted octanol–water partition coefficient (Wildman–Crippen LogP) is 3.47. The zero-order chi connectivity index (χ0) is 7.71. The van der Waals surface area contributed by atoms with Crippen LogP contribution in [0.2, 0.25) is 18.1 Å². The van der Waals surface area contributed by atoms with E-state index in [0.717, 1.165) is 0 Å². The summed E-state index contributed by atoms with van der Waals surface area (Å²) in [5.41, 5.74) is 0. The highest BCUT2D eigenvalue weighted by molar-refractivity contribution is 14.1. The van der Waals surface area contributed by atoms with Crippen molar-refractivity contribution in [1.82, 2.24) is 0 Å². The third kappa shape index (κ3) is 2.58. The second-order valence-corrected chi connectivity index (χ2v) is 12.1. The monoisotopic (exact) mass is 256 g/mol. The van der Waals surface area contributed by atoms with Crippen molar-refractivity contribution in [2.24, 2.45) is 0 Å². The Hall–Kier alpha value is 0.947. The van der Waals surface area contributed by atoms with Crippen molar-refractivity contribution >= 4 is 30.7 Å². The highest BCUT2D eigenvalue weighted by Crippen LogP contribution is 2.36. The Morgan fingerprint density at radius 1 is 1.22 bits per heavy atom. The first-order valence-electron chi connectivity index (χ1n) is 3.37. The van der Waals surface area contributed by atoms with Gasteiger partial charge in [0.05, 0.1) is 8.07 Å². The predicted molar refractivity (Wildman–Crippen MR) is 56.1 cm³/mol. The zero-order valence-corrected chi connectivity index (χ0v) is 10.2. The van der Waals surface area contributed by atoms with E-state index in [1.165, 1.54) is 4.05 Å². The fourth-order valence-electron chi connectivity index (χ4n) is 0.200. The van der Waals surface area contributed by atoms with Gasteiger partial charge >= 0.3 is 0 Å². The van der Waals surface area contributed by atoms with Gasteiger partial charge in [-0.05, 0) is 9.09 Å². The molecule has 0 aromatic carbocycles. The summed E-state index contributed by atoms with van der Waals surface area (Å²) in [6.45, 7) is 12.0. The molecule has 0 nitrogen and oxygen atoms in total. The van der Waals surface area contributed by atoms with Crippen LogP contribution in [-0.2, 0) is 0 Å². The van der Waals surface area contributed by atoms with Crippen LogP contribution in [0, 0.1) is 0 Å². The summed E-state index contributed by atoms with van der Waals surface area (Å²) in [6.07, 6.45) is 0. The summed E-state index contributed by atoms with van der Waals surface area (Å²) < 4.78 is 1.37. The van der Waals surface area contributed by atoms with E-state index in [2.05, 4.69) is 56.5 Å². The molecule has 0 aliphatic rings. The van der Waals surface area contributed by atoms with Gasteiger partial charge in [0.25, 0.3) is 0 Å². The van der Waals surface area contributed by atoms with E-state index < -0.39 is 8.07 Å². The molecule has 0 amide bonds. The molecule has 0 N–H and O–H groups in total. The summed E-state index contributed by atoms with van der Waals surface area (Å²) in [5.74, 6) is 0. The first-order valence-corrected chi connectivity index (χ1v) is 8.10. The van der Waals surface area contributed by atoms with Crippen LogP contribution in [0.1, 0.15) is 20.8 Å². The third-order valence-corrected chi connectivity index (χ3v) is 12.8. The molecule has 0 saturated carbocycles. The van der Waals surface area contributed by atoms with E-state index in [1.807, 2.05) is 0 Å². The summed E-state index contributed by atoms with van der Waals surface area (Å²) in [5, 5.41) is 0.578. The molecular formula is C7H17ISi. The molecule has 0 aliphatic heterocycles. The number of halogens is 1. The summed E-state index contributed by atoms with van der Waals surface area (Å²) >= 11 is 2.52. The topological polar surface area (TPSA) is 0 Å². The van der Waals surface area contributed by atoms with Gasteiger partial charge in [0.1, 0.15) is 0 Å². The van der Waals surface area contributed by atoms with Gasteiger partial charge in [-0.3, -0.25) is 0 Å². The molecule has 0 saturated heterocycles. The fraction of sp³-hybridized carbons (Fsp3) is 1.00. The lowest BCUT2D eigenvalue weighted by Gasteiger charge is -2.35. The SMILES string of the molecule is CC(C)(C)[Si](C)(C)CI. The molecule has 9 heavy (non-hydrogen) atoms. The Kier molecular flexibility index (Phi) is 3.21. The Balaban J connectivity index is 4.14. The molecule has 0 spiro atoms. The number of alkyl halides is 1. The Labute approximate surface area is 73.6 Å². The Bertz CT molecular complexity index is 91.6. The van der Waals surface area contributed by atoms with Gasteiger partial charge in [-0.15, -0.1) is 0 Å². The molecule has 0 bridgehead atoms. The summed E-state index contributed by atoms with van der Waals surface area (Å²) in [4.78, 5) is 0.